The smallest absolute Gasteiger partial charge is 0.308 e. The highest BCUT2D eigenvalue weighted by atomic mass is 16.5. The molecular formula is C13H25NO3. The predicted molar refractivity (Wildman–Crippen MR) is 66.7 cm³/mol. The summed E-state index contributed by atoms with van der Waals surface area (Å²) in [5.41, 5.74) is 0. The van der Waals surface area contributed by atoms with E-state index < -0.39 is 0 Å². The molecule has 2 fully saturated rings. The van der Waals surface area contributed by atoms with Gasteiger partial charge in [0.05, 0.1) is 19.6 Å². The molecule has 1 saturated carbocycles. The number of hydrogen-bond donors (Lipinski definition) is 2. The molecule has 1 unspecified atom stereocenters. The highest BCUT2D eigenvalue weighted by molar-refractivity contribution is 5.72. The van der Waals surface area contributed by atoms with Crippen LogP contribution in [0.25, 0.3) is 0 Å². The summed E-state index contributed by atoms with van der Waals surface area (Å²) in [4.78, 5) is 10.9. The summed E-state index contributed by atoms with van der Waals surface area (Å²) in [6.07, 6.45) is 8.12. The van der Waals surface area contributed by atoms with Gasteiger partial charge < -0.3 is 15.2 Å². The van der Waals surface area contributed by atoms with Crippen molar-refractivity contribution >= 4 is 5.97 Å². The van der Waals surface area contributed by atoms with Gasteiger partial charge in [-0.15, -0.1) is 0 Å². The van der Waals surface area contributed by atoms with Crippen LogP contribution in [-0.4, -0.2) is 37.4 Å². The van der Waals surface area contributed by atoms with E-state index in [0.717, 1.165) is 25.8 Å². The third-order valence-electron chi connectivity index (χ3n) is 3.52. The summed E-state index contributed by atoms with van der Waals surface area (Å²) >= 11 is 0. The number of carbonyl (C=O) groups excluding carboxylic acids is 1. The van der Waals surface area contributed by atoms with Crippen LogP contribution >= 0.6 is 0 Å². The summed E-state index contributed by atoms with van der Waals surface area (Å²) in [5.74, 6) is 0.193. The highest BCUT2D eigenvalue weighted by Gasteiger charge is 2.20. The molecule has 0 aromatic rings. The number of carbonyl (C=O) groups is 1. The van der Waals surface area contributed by atoms with Gasteiger partial charge >= 0.3 is 5.97 Å². The van der Waals surface area contributed by atoms with Crippen molar-refractivity contribution in [3.63, 3.8) is 0 Å². The molecule has 2 aliphatic rings. The molecule has 4 nitrogen and oxygen atoms in total. The number of nitrogens with one attached hydrogen (secondary N) is 1. The summed E-state index contributed by atoms with van der Waals surface area (Å²) in [7, 11) is 1.47. The van der Waals surface area contributed by atoms with Gasteiger partial charge in [-0.1, -0.05) is 19.3 Å². The van der Waals surface area contributed by atoms with E-state index in [9.17, 15) is 4.79 Å². The molecule has 2 rings (SSSR count). The fourth-order valence-corrected chi connectivity index (χ4v) is 2.42. The van der Waals surface area contributed by atoms with Crippen molar-refractivity contribution in [1.82, 2.24) is 5.32 Å². The lowest BCUT2D eigenvalue weighted by Gasteiger charge is -2.18. The van der Waals surface area contributed by atoms with Crippen molar-refractivity contribution in [3.05, 3.63) is 0 Å². The Hall–Kier alpha value is -0.610. The second-order valence-corrected chi connectivity index (χ2v) is 4.83. The monoisotopic (exact) mass is 243 g/mol. The molecule has 0 bridgehead atoms. The van der Waals surface area contributed by atoms with Gasteiger partial charge in [-0.05, 0) is 32.2 Å². The molecule has 1 aliphatic carbocycles. The van der Waals surface area contributed by atoms with Gasteiger partial charge in [0, 0.05) is 6.04 Å². The molecule has 100 valence electrons. The molecule has 1 saturated heterocycles. The standard InChI is InChI=1S/C8H14O2.C5H11NO/c1-10-8(9)7-5-3-2-4-6-7;7-4-5-2-1-3-6-5/h7H,2-6H2,1H3;5-7H,1-4H2. The predicted octanol–water partition coefficient (Wildman–Crippen LogP) is 1.47. The van der Waals surface area contributed by atoms with Crippen LogP contribution in [-0.2, 0) is 9.53 Å². The molecule has 1 heterocycles. The van der Waals surface area contributed by atoms with Crippen molar-refractivity contribution < 1.29 is 14.6 Å². The van der Waals surface area contributed by atoms with Gasteiger partial charge in [-0.25, -0.2) is 0 Å². The van der Waals surface area contributed by atoms with Gasteiger partial charge in [-0.3, -0.25) is 4.79 Å². The Morgan fingerprint density at radius 1 is 1.24 bits per heavy atom. The van der Waals surface area contributed by atoms with Crippen molar-refractivity contribution in [3.8, 4) is 0 Å². The van der Waals surface area contributed by atoms with E-state index in [1.807, 2.05) is 0 Å². The Kier molecular flexibility index (Phi) is 7.21. The zero-order chi connectivity index (χ0) is 12.5. The summed E-state index contributed by atoms with van der Waals surface area (Å²) in [5, 5.41) is 11.7. The van der Waals surface area contributed by atoms with E-state index in [-0.39, 0.29) is 11.9 Å². The van der Waals surface area contributed by atoms with Gasteiger partial charge in [0.25, 0.3) is 0 Å². The molecule has 17 heavy (non-hydrogen) atoms. The van der Waals surface area contributed by atoms with Crippen molar-refractivity contribution in [1.29, 1.82) is 0 Å². The lowest BCUT2D eigenvalue weighted by Crippen LogP contribution is -2.24. The zero-order valence-electron chi connectivity index (χ0n) is 10.8. The number of methoxy groups -OCH3 is 1. The van der Waals surface area contributed by atoms with Gasteiger partial charge in [0.1, 0.15) is 0 Å². The molecule has 0 aromatic heterocycles. The average molecular weight is 243 g/mol. The quantitative estimate of drug-likeness (QED) is 0.721. The largest absolute Gasteiger partial charge is 0.469 e. The number of esters is 1. The molecule has 0 aromatic carbocycles. The second kappa shape index (κ2) is 8.48. The first-order chi connectivity index (χ1) is 8.27. The Balaban J connectivity index is 0.000000181. The summed E-state index contributed by atoms with van der Waals surface area (Å²) < 4.78 is 4.65. The van der Waals surface area contributed by atoms with Crippen LogP contribution in [0.3, 0.4) is 0 Å². The summed E-state index contributed by atoms with van der Waals surface area (Å²) in [6.45, 7) is 1.39. The Labute approximate surface area is 104 Å². The highest BCUT2D eigenvalue weighted by Crippen LogP contribution is 2.24. The van der Waals surface area contributed by atoms with Crippen LogP contribution in [0.5, 0.6) is 0 Å². The van der Waals surface area contributed by atoms with Gasteiger partial charge in [0.15, 0.2) is 0 Å². The minimum absolute atomic E-state index is 0.0142. The van der Waals surface area contributed by atoms with E-state index in [4.69, 9.17) is 5.11 Å². The maximum absolute atomic E-state index is 10.9. The number of aliphatic hydroxyl groups excluding tert-OH is 1. The molecule has 0 radical (unpaired) electrons. The first kappa shape index (κ1) is 14.5. The van der Waals surface area contributed by atoms with Gasteiger partial charge in [0.2, 0.25) is 0 Å². The number of hydrogen-bond acceptors (Lipinski definition) is 4. The van der Waals surface area contributed by atoms with Crippen LogP contribution in [0, 0.1) is 5.92 Å². The molecule has 2 N–H and O–H groups in total. The lowest BCUT2D eigenvalue weighted by atomic mass is 9.89. The first-order valence-corrected chi connectivity index (χ1v) is 6.70. The zero-order valence-corrected chi connectivity index (χ0v) is 10.8. The minimum Gasteiger partial charge on any atom is -0.469 e. The third kappa shape index (κ3) is 5.50. The van der Waals surface area contributed by atoms with Crippen LogP contribution in [0.2, 0.25) is 0 Å². The molecule has 1 atom stereocenters. The lowest BCUT2D eigenvalue weighted by molar-refractivity contribution is -0.146. The first-order valence-electron chi connectivity index (χ1n) is 6.70. The van der Waals surface area contributed by atoms with Crippen LogP contribution in [0.4, 0.5) is 0 Å². The Bertz CT molecular complexity index is 209. The van der Waals surface area contributed by atoms with E-state index >= 15 is 0 Å². The summed E-state index contributed by atoms with van der Waals surface area (Å²) in [6, 6.07) is 0.403. The van der Waals surface area contributed by atoms with Crippen molar-refractivity contribution in [2.24, 2.45) is 5.92 Å². The topological polar surface area (TPSA) is 58.6 Å². The fourth-order valence-electron chi connectivity index (χ4n) is 2.42. The van der Waals surface area contributed by atoms with E-state index in [0.29, 0.717) is 12.6 Å². The van der Waals surface area contributed by atoms with Crippen molar-refractivity contribution in [2.45, 2.75) is 51.0 Å². The number of aliphatic hydroxyl groups is 1. The SMILES string of the molecule is COC(=O)C1CCCCC1.OCC1CCCN1. The Morgan fingerprint density at radius 3 is 2.35 bits per heavy atom. The fraction of sp³-hybridized carbons (Fsp3) is 0.923. The van der Waals surface area contributed by atoms with Crippen LogP contribution < -0.4 is 5.32 Å². The third-order valence-corrected chi connectivity index (χ3v) is 3.52. The van der Waals surface area contributed by atoms with Gasteiger partial charge in [-0.2, -0.15) is 0 Å². The molecular weight excluding hydrogens is 218 g/mol. The second-order valence-electron chi connectivity index (χ2n) is 4.83. The molecule has 1 aliphatic heterocycles. The molecule has 0 spiro atoms. The minimum atomic E-state index is -0.0142. The molecule has 4 heteroatoms. The maximum Gasteiger partial charge on any atom is 0.308 e. The van der Waals surface area contributed by atoms with Crippen LogP contribution in [0.1, 0.15) is 44.9 Å². The van der Waals surface area contributed by atoms with E-state index in [2.05, 4.69) is 10.1 Å². The number of rotatable bonds is 2. The average Bonchev–Trinajstić information content (AvgIpc) is 2.93. The number of ether oxygens (including phenoxy) is 1. The van der Waals surface area contributed by atoms with Crippen molar-refractivity contribution in [2.75, 3.05) is 20.3 Å². The normalized spacial score (nSPS) is 24.9. The maximum atomic E-state index is 10.9. The van der Waals surface area contributed by atoms with E-state index in [1.54, 1.807) is 0 Å². The molecule has 0 amide bonds. The van der Waals surface area contributed by atoms with E-state index in [1.165, 1.54) is 32.8 Å². The Morgan fingerprint density at radius 2 is 1.94 bits per heavy atom. The van der Waals surface area contributed by atoms with Crippen LogP contribution in [0.15, 0.2) is 0 Å².